The van der Waals surface area contributed by atoms with Gasteiger partial charge in [-0.3, -0.25) is 9.59 Å². The minimum absolute atomic E-state index is 0.0227. The second kappa shape index (κ2) is 10.6. The van der Waals surface area contributed by atoms with Gasteiger partial charge in [0.25, 0.3) is 5.91 Å². The number of carboxylic acids is 1. The van der Waals surface area contributed by atoms with E-state index in [0.29, 0.717) is 40.5 Å². The highest BCUT2D eigenvalue weighted by atomic mass is 19.4. The number of nitrogens with one attached hydrogen (secondary N) is 2. The maximum absolute atomic E-state index is 13.5. The van der Waals surface area contributed by atoms with Crippen LogP contribution in [0, 0.1) is 28.6 Å². The first-order chi connectivity index (χ1) is 19.3. The molecule has 4 unspecified atom stereocenters. The number of carbonyl (C=O) groups excluding carboxylic acids is 2. The quantitative estimate of drug-likeness (QED) is 0.328. The Kier molecular flexibility index (Phi) is 7.42. The summed E-state index contributed by atoms with van der Waals surface area (Å²) in [6.07, 6.45) is -1.59. The van der Waals surface area contributed by atoms with Crippen molar-refractivity contribution in [2.45, 2.75) is 52.4 Å². The molecule has 0 saturated heterocycles. The van der Waals surface area contributed by atoms with Crippen molar-refractivity contribution >= 4 is 23.6 Å². The predicted molar refractivity (Wildman–Crippen MR) is 144 cm³/mol. The molecular formula is C30H34F3N3O5. The molecule has 41 heavy (non-hydrogen) atoms. The molecule has 220 valence electrons. The van der Waals surface area contributed by atoms with Crippen LogP contribution in [0.15, 0.2) is 48.5 Å². The number of benzene rings is 2. The van der Waals surface area contributed by atoms with Gasteiger partial charge in [-0.25, -0.2) is 4.79 Å². The van der Waals surface area contributed by atoms with Crippen LogP contribution in [0.25, 0.3) is 0 Å². The lowest BCUT2D eigenvalue weighted by atomic mass is 9.88. The number of amides is 3. The van der Waals surface area contributed by atoms with E-state index in [0.717, 1.165) is 36.5 Å². The fraction of sp³-hybridized carbons (Fsp3) is 0.500. The van der Waals surface area contributed by atoms with Crippen molar-refractivity contribution in [1.29, 1.82) is 0 Å². The van der Waals surface area contributed by atoms with E-state index in [1.807, 2.05) is 0 Å². The van der Waals surface area contributed by atoms with Gasteiger partial charge in [0.05, 0.1) is 6.42 Å². The molecule has 3 saturated carbocycles. The van der Waals surface area contributed by atoms with Gasteiger partial charge in [-0.05, 0) is 89.8 Å². The smallest absolute Gasteiger partial charge is 0.481 e. The van der Waals surface area contributed by atoms with Crippen LogP contribution in [0.4, 0.5) is 23.7 Å². The van der Waals surface area contributed by atoms with E-state index in [4.69, 9.17) is 5.11 Å². The van der Waals surface area contributed by atoms with Crippen LogP contribution < -0.4 is 15.4 Å². The van der Waals surface area contributed by atoms with Gasteiger partial charge < -0.3 is 25.4 Å². The number of rotatable bonds is 10. The van der Waals surface area contributed by atoms with E-state index >= 15 is 0 Å². The van der Waals surface area contributed by atoms with Crippen LogP contribution >= 0.6 is 0 Å². The number of hydrogen-bond acceptors (Lipinski definition) is 4. The van der Waals surface area contributed by atoms with Crippen molar-refractivity contribution in [2.75, 3.05) is 18.4 Å². The molecule has 0 bridgehead atoms. The first-order valence-electron chi connectivity index (χ1n) is 13.8. The molecule has 4 atom stereocenters. The summed E-state index contributed by atoms with van der Waals surface area (Å²) in [7, 11) is 0. The van der Waals surface area contributed by atoms with Crippen LogP contribution in [0.2, 0.25) is 0 Å². The van der Waals surface area contributed by atoms with Gasteiger partial charge in [-0.1, -0.05) is 26.0 Å². The Morgan fingerprint density at radius 1 is 1.05 bits per heavy atom. The standard InChI is InChI=1S/C30H34F3N3O5/c1-28(2)24-12-7-20(23-15-29(23,24)28)17-36(27(40)35-21-8-10-22(11-9-21)41-30(31,32)33)16-18-3-5-19(6-4-18)26(39)34-14-13-25(37)38/h3-6,8-11,20,23-24H,7,12-17H2,1-2H3,(H,34,39)(H,35,40)(H,37,38). The van der Waals surface area contributed by atoms with E-state index < -0.39 is 12.3 Å². The summed E-state index contributed by atoms with van der Waals surface area (Å²) in [6.45, 7) is 5.54. The maximum atomic E-state index is 13.5. The molecule has 0 heterocycles. The fourth-order valence-corrected chi connectivity index (χ4v) is 7.27. The van der Waals surface area contributed by atoms with Gasteiger partial charge in [-0.15, -0.1) is 13.2 Å². The first kappa shape index (κ1) is 28.8. The third-order valence-electron chi connectivity index (χ3n) is 9.36. The molecule has 0 aromatic heterocycles. The highest BCUT2D eigenvalue weighted by Crippen LogP contribution is 2.89. The number of anilines is 1. The van der Waals surface area contributed by atoms with E-state index in [2.05, 4.69) is 29.2 Å². The highest BCUT2D eigenvalue weighted by molar-refractivity contribution is 5.94. The Bertz CT molecular complexity index is 1310. The second-order valence-corrected chi connectivity index (χ2v) is 11.9. The molecule has 0 radical (unpaired) electrons. The van der Waals surface area contributed by atoms with Crippen molar-refractivity contribution in [3.05, 3.63) is 59.7 Å². The summed E-state index contributed by atoms with van der Waals surface area (Å²) >= 11 is 0. The topological polar surface area (TPSA) is 108 Å². The van der Waals surface area contributed by atoms with Crippen molar-refractivity contribution in [2.24, 2.45) is 28.6 Å². The Hall–Kier alpha value is -3.76. The number of halogens is 3. The molecule has 1 spiro atoms. The molecular weight excluding hydrogens is 539 g/mol. The Balaban J connectivity index is 1.27. The Morgan fingerprint density at radius 3 is 2.37 bits per heavy atom. The number of carboxylic acid groups (broad SMARTS) is 1. The first-order valence-corrected chi connectivity index (χ1v) is 13.8. The molecule has 0 aliphatic heterocycles. The Morgan fingerprint density at radius 2 is 1.73 bits per heavy atom. The predicted octanol–water partition coefficient (Wildman–Crippen LogP) is 5.90. The summed E-state index contributed by atoms with van der Waals surface area (Å²) in [4.78, 5) is 38.2. The molecule has 11 heteroatoms. The number of carbonyl (C=O) groups is 3. The van der Waals surface area contributed by atoms with Gasteiger partial charge in [0.15, 0.2) is 0 Å². The molecule has 3 aliphatic carbocycles. The molecule has 2 aromatic carbocycles. The summed E-state index contributed by atoms with van der Waals surface area (Å²) in [6, 6.07) is 11.5. The van der Waals surface area contributed by atoms with Crippen molar-refractivity contribution in [1.82, 2.24) is 10.2 Å². The number of ether oxygens (including phenoxy) is 1. The van der Waals surface area contributed by atoms with Crippen LogP contribution in [-0.4, -0.2) is 47.4 Å². The third-order valence-corrected chi connectivity index (χ3v) is 9.36. The van der Waals surface area contributed by atoms with Gasteiger partial charge in [-0.2, -0.15) is 0 Å². The third kappa shape index (κ3) is 5.99. The Labute approximate surface area is 236 Å². The number of urea groups is 1. The van der Waals surface area contributed by atoms with E-state index in [1.54, 1.807) is 29.2 Å². The lowest BCUT2D eigenvalue weighted by Gasteiger charge is -2.30. The van der Waals surface area contributed by atoms with Gasteiger partial charge in [0, 0.05) is 30.9 Å². The molecule has 3 fully saturated rings. The average Bonchev–Trinajstić information content (AvgIpc) is 3.76. The molecule has 3 amide bonds. The molecule has 2 aromatic rings. The van der Waals surface area contributed by atoms with Crippen molar-refractivity contribution in [3.63, 3.8) is 0 Å². The zero-order valence-corrected chi connectivity index (χ0v) is 23.0. The van der Waals surface area contributed by atoms with E-state index in [-0.39, 0.29) is 37.2 Å². The van der Waals surface area contributed by atoms with E-state index in [9.17, 15) is 27.6 Å². The van der Waals surface area contributed by atoms with Gasteiger partial charge in [0.2, 0.25) is 0 Å². The molecule has 5 rings (SSSR count). The van der Waals surface area contributed by atoms with Gasteiger partial charge in [0.1, 0.15) is 5.75 Å². The maximum Gasteiger partial charge on any atom is 0.573 e. The number of hydrogen-bond donors (Lipinski definition) is 3. The molecule has 8 nitrogen and oxygen atoms in total. The van der Waals surface area contributed by atoms with Crippen LogP contribution in [0.3, 0.4) is 0 Å². The van der Waals surface area contributed by atoms with Crippen molar-refractivity contribution < 1.29 is 37.4 Å². The fourth-order valence-electron chi connectivity index (χ4n) is 7.27. The summed E-state index contributed by atoms with van der Waals surface area (Å²) in [5.74, 6) is -0.0519. The minimum Gasteiger partial charge on any atom is -0.481 e. The van der Waals surface area contributed by atoms with Crippen LogP contribution in [0.1, 0.15) is 55.5 Å². The van der Waals surface area contributed by atoms with Gasteiger partial charge >= 0.3 is 18.4 Å². The van der Waals surface area contributed by atoms with E-state index in [1.165, 1.54) is 18.6 Å². The average molecular weight is 574 g/mol. The number of aliphatic carboxylic acids is 1. The summed E-state index contributed by atoms with van der Waals surface area (Å²) in [5, 5.41) is 14.1. The highest BCUT2D eigenvalue weighted by Gasteiger charge is 2.84. The lowest BCUT2D eigenvalue weighted by Crippen LogP contribution is -2.39. The number of alkyl halides is 3. The zero-order chi connectivity index (χ0) is 29.6. The zero-order valence-electron chi connectivity index (χ0n) is 23.0. The summed E-state index contributed by atoms with van der Waals surface area (Å²) < 4.78 is 41.4. The monoisotopic (exact) mass is 573 g/mol. The minimum atomic E-state index is -4.80. The number of nitrogens with zero attached hydrogens (tertiary/aromatic N) is 1. The van der Waals surface area contributed by atoms with Crippen molar-refractivity contribution in [3.8, 4) is 5.75 Å². The normalized spacial score (nSPS) is 25.2. The SMILES string of the molecule is CC1(C)C2CCC(CN(Cc3ccc(C(=O)NCCC(=O)O)cc3)C(=O)Nc3ccc(OC(F)(F)F)cc3)C3CC321. The summed E-state index contributed by atoms with van der Waals surface area (Å²) in [5.41, 5.74) is 2.29. The van der Waals surface area contributed by atoms with Crippen LogP contribution in [0.5, 0.6) is 5.75 Å². The largest absolute Gasteiger partial charge is 0.573 e. The van der Waals surface area contributed by atoms with Crippen LogP contribution in [-0.2, 0) is 11.3 Å². The lowest BCUT2D eigenvalue weighted by molar-refractivity contribution is -0.274. The molecule has 3 aliphatic rings. The molecule has 3 N–H and O–H groups in total. The second-order valence-electron chi connectivity index (χ2n) is 11.9.